The third-order valence-electron chi connectivity index (χ3n) is 2.74. The Bertz CT molecular complexity index is 339. The van der Waals surface area contributed by atoms with Gasteiger partial charge in [-0.15, -0.1) is 0 Å². The van der Waals surface area contributed by atoms with E-state index in [1.807, 2.05) is 47.6 Å². The Labute approximate surface area is 136 Å². The van der Waals surface area contributed by atoms with Gasteiger partial charge in [-0.2, -0.15) is 0 Å². The maximum atomic E-state index is 11.2. The van der Waals surface area contributed by atoms with Gasteiger partial charge in [-0.1, -0.05) is 32.9 Å². The number of hydrogen-bond acceptors (Lipinski definition) is 4. The molecule has 0 aliphatic heterocycles. The van der Waals surface area contributed by atoms with Crippen LogP contribution in [0.4, 0.5) is 0 Å². The van der Waals surface area contributed by atoms with E-state index in [0.29, 0.717) is 12.5 Å². The van der Waals surface area contributed by atoms with E-state index in [1.54, 1.807) is 0 Å². The first-order valence-corrected chi connectivity index (χ1v) is 8.24. The molecule has 0 N–H and O–H groups in total. The lowest BCUT2D eigenvalue weighted by molar-refractivity contribution is -0.152. The van der Waals surface area contributed by atoms with Gasteiger partial charge in [0, 0.05) is 6.92 Å². The number of carbonyl (C=O) groups excluding carboxylic acids is 2. The van der Waals surface area contributed by atoms with Crippen molar-refractivity contribution in [3.05, 3.63) is 12.2 Å². The molecule has 4 nitrogen and oxygen atoms in total. The minimum Gasteiger partial charge on any atom is -0.466 e. The molecule has 0 spiro atoms. The van der Waals surface area contributed by atoms with Crippen LogP contribution in [0, 0.1) is 11.8 Å². The fourth-order valence-corrected chi connectivity index (χ4v) is 1.93. The standard InChI is InChI=1S/C10H16O2.C6H12O2.C2H6/c1-3-8-5-6-9(7-8)10(11)12-4-2;1-5(7)8-6(2,3)4;1-2/h5-6,8-9H,3-4,7H2,1-2H3;1-4H3;1-2H3/t8-,9?;;/m1../s1. The molecule has 1 aliphatic carbocycles. The van der Waals surface area contributed by atoms with Crippen molar-refractivity contribution in [2.45, 2.75) is 73.8 Å². The lowest BCUT2D eigenvalue weighted by Crippen LogP contribution is -2.21. The van der Waals surface area contributed by atoms with Crippen molar-refractivity contribution in [1.82, 2.24) is 0 Å². The Morgan fingerprint density at radius 1 is 1.14 bits per heavy atom. The first-order chi connectivity index (χ1) is 10.2. The highest BCUT2D eigenvalue weighted by Crippen LogP contribution is 2.26. The van der Waals surface area contributed by atoms with Crippen molar-refractivity contribution < 1.29 is 19.1 Å². The minimum absolute atomic E-state index is 0.0231. The van der Waals surface area contributed by atoms with Gasteiger partial charge in [0.2, 0.25) is 0 Å². The van der Waals surface area contributed by atoms with E-state index in [4.69, 9.17) is 9.47 Å². The maximum absolute atomic E-state index is 11.2. The molecule has 1 unspecified atom stereocenters. The van der Waals surface area contributed by atoms with E-state index < -0.39 is 0 Å². The minimum atomic E-state index is -0.328. The van der Waals surface area contributed by atoms with E-state index in [9.17, 15) is 9.59 Å². The van der Waals surface area contributed by atoms with Crippen molar-refractivity contribution in [3.8, 4) is 0 Å². The fourth-order valence-electron chi connectivity index (χ4n) is 1.93. The van der Waals surface area contributed by atoms with Crippen LogP contribution >= 0.6 is 0 Å². The summed E-state index contributed by atoms with van der Waals surface area (Å²) in [7, 11) is 0. The van der Waals surface area contributed by atoms with Gasteiger partial charge < -0.3 is 9.47 Å². The normalized spacial score (nSPS) is 19.3. The van der Waals surface area contributed by atoms with Gasteiger partial charge in [-0.05, 0) is 46.5 Å². The predicted octanol–water partition coefficient (Wildman–Crippen LogP) is 4.53. The van der Waals surface area contributed by atoms with Crippen LogP contribution in [0.5, 0.6) is 0 Å². The van der Waals surface area contributed by atoms with Gasteiger partial charge in [0.05, 0.1) is 12.5 Å². The topological polar surface area (TPSA) is 52.6 Å². The maximum Gasteiger partial charge on any atom is 0.312 e. The van der Waals surface area contributed by atoms with Gasteiger partial charge in [0.25, 0.3) is 0 Å². The lowest BCUT2D eigenvalue weighted by Gasteiger charge is -2.17. The predicted molar refractivity (Wildman–Crippen MR) is 90.5 cm³/mol. The molecule has 0 saturated carbocycles. The third kappa shape index (κ3) is 12.4. The highest BCUT2D eigenvalue weighted by atomic mass is 16.6. The summed E-state index contributed by atoms with van der Waals surface area (Å²) in [5, 5.41) is 0. The van der Waals surface area contributed by atoms with Crippen molar-refractivity contribution in [3.63, 3.8) is 0 Å². The van der Waals surface area contributed by atoms with Crippen LogP contribution in [0.1, 0.15) is 68.2 Å². The van der Waals surface area contributed by atoms with Crippen LogP contribution in [0.2, 0.25) is 0 Å². The molecule has 0 saturated heterocycles. The van der Waals surface area contributed by atoms with Gasteiger partial charge in [0.15, 0.2) is 0 Å². The van der Waals surface area contributed by atoms with E-state index in [0.717, 1.165) is 12.8 Å². The number of hydrogen-bond donors (Lipinski definition) is 0. The smallest absolute Gasteiger partial charge is 0.312 e. The zero-order valence-corrected chi connectivity index (χ0v) is 15.6. The van der Waals surface area contributed by atoms with E-state index in [1.165, 1.54) is 6.92 Å². The quantitative estimate of drug-likeness (QED) is 0.567. The summed E-state index contributed by atoms with van der Waals surface area (Å²) >= 11 is 0. The summed E-state index contributed by atoms with van der Waals surface area (Å²) in [6.07, 6.45) is 6.16. The molecule has 4 heteroatoms. The third-order valence-corrected chi connectivity index (χ3v) is 2.74. The first-order valence-electron chi connectivity index (χ1n) is 8.24. The van der Waals surface area contributed by atoms with Gasteiger partial charge >= 0.3 is 11.9 Å². The van der Waals surface area contributed by atoms with Crippen molar-refractivity contribution in [2.75, 3.05) is 6.61 Å². The Hall–Kier alpha value is -1.32. The van der Waals surface area contributed by atoms with E-state index in [2.05, 4.69) is 13.0 Å². The SMILES string of the molecule is CC.CC(=O)OC(C)(C)C.CCOC(=O)C1C=C[C@@H](CC)C1. The van der Waals surface area contributed by atoms with Gasteiger partial charge in [-0.25, -0.2) is 0 Å². The molecule has 0 amide bonds. The fraction of sp³-hybridized carbons (Fsp3) is 0.778. The molecule has 1 aliphatic rings. The summed E-state index contributed by atoms with van der Waals surface area (Å²) in [5.74, 6) is 0.316. The zero-order valence-electron chi connectivity index (χ0n) is 15.6. The second-order valence-electron chi connectivity index (χ2n) is 5.85. The molecule has 0 fully saturated rings. The molecule has 22 heavy (non-hydrogen) atoms. The molecular weight excluding hydrogens is 280 g/mol. The Morgan fingerprint density at radius 3 is 1.95 bits per heavy atom. The van der Waals surface area contributed by atoms with Crippen molar-refractivity contribution in [1.29, 1.82) is 0 Å². The molecule has 0 radical (unpaired) electrons. The molecule has 0 heterocycles. The Kier molecular flexibility index (Phi) is 12.8. The van der Waals surface area contributed by atoms with Crippen molar-refractivity contribution in [2.24, 2.45) is 11.8 Å². The molecule has 0 aromatic carbocycles. The number of rotatable bonds is 3. The second-order valence-corrected chi connectivity index (χ2v) is 5.85. The highest BCUT2D eigenvalue weighted by Gasteiger charge is 2.24. The molecule has 1 rings (SSSR count). The summed E-state index contributed by atoms with van der Waals surface area (Å²) in [4.78, 5) is 21.5. The van der Waals surface area contributed by atoms with E-state index >= 15 is 0 Å². The monoisotopic (exact) mass is 314 g/mol. The highest BCUT2D eigenvalue weighted by molar-refractivity contribution is 5.75. The average molecular weight is 314 g/mol. The number of esters is 2. The van der Waals surface area contributed by atoms with Crippen LogP contribution < -0.4 is 0 Å². The summed E-state index contributed by atoms with van der Waals surface area (Å²) in [6, 6.07) is 0. The zero-order chi connectivity index (χ0) is 17.8. The van der Waals surface area contributed by atoms with E-state index in [-0.39, 0.29) is 23.5 Å². The van der Waals surface area contributed by atoms with Crippen LogP contribution in [0.15, 0.2) is 12.2 Å². The Morgan fingerprint density at radius 2 is 1.68 bits per heavy atom. The molecular formula is C18H34O4. The lowest BCUT2D eigenvalue weighted by atomic mass is 10.0. The number of allylic oxidation sites excluding steroid dienone is 1. The molecule has 130 valence electrons. The van der Waals surface area contributed by atoms with Gasteiger partial charge in [0.1, 0.15) is 5.60 Å². The Balaban J connectivity index is 0. The summed E-state index contributed by atoms with van der Waals surface area (Å²) in [5.41, 5.74) is -0.328. The first kappa shape index (κ1) is 23.0. The number of ether oxygens (including phenoxy) is 2. The average Bonchev–Trinajstić information content (AvgIpc) is 2.88. The molecule has 0 bridgehead atoms. The van der Waals surface area contributed by atoms with Crippen LogP contribution in [0.3, 0.4) is 0 Å². The molecule has 2 atom stereocenters. The van der Waals surface area contributed by atoms with Crippen molar-refractivity contribution >= 4 is 11.9 Å². The van der Waals surface area contributed by atoms with Crippen LogP contribution in [-0.4, -0.2) is 24.1 Å². The van der Waals surface area contributed by atoms with Crippen LogP contribution in [-0.2, 0) is 19.1 Å². The van der Waals surface area contributed by atoms with Crippen LogP contribution in [0.25, 0.3) is 0 Å². The van der Waals surface area contributed by atoms with Gasteiger partial charge in [-0.3, -0.25) is 9.59 Å². The molecule has 0 aromatic heterocycles. The molecule has 0 aromatic rings. The summed E-state index contributed by atoms with van der Waals surface area (Å²) < 4.78 is 9.73. The summed E-state index contributed by atoms with van der Waals surface area (Å²) in [6.45, 7) is 15.4. The largest absolute Gasteiger partial charge is 0.466 e. The second kappa shape index (κ2) is 12.2. The number of carbonyl (C=O) groups is 2.